The Morgan fingerprint density at radius 3 is 2.19 bits per heavy atom. The second-order valence-electron chi connectivity index (χ2n) is 3.85. The largest absolute Gasteiger partial charge is 0.255 e. The topological polar surface area (TPSA) is 17.1 Å². The van der Waals surface area contributed by atoms with Crippen LogP contribution in [0.15, 0.2) is 53.4 Å². The predicted molar refractivity (Wildman–Crippen MR) is 68.9 cm³/mol. The van der Waals surface area contributed by atoms with Gasteiger partial charge < -0.3 is 0 Å². The molecule has 0 heterocycles. The molecule has 0 spiro atoms. The van der Waals surface area contributed by atoms with Gasteiger partial charge in [-0.05, 0) is 30.2 Å². The molecule has 0 bridgehead atoms. The fourth-order valence-corrected chi connectivity index (χ4v) is 2.18. The number of benzene rings is 2. The first-order chi connectivity index (χ1) is 7.66. The molecule has 1 nitrogen and oxygen atoms in total. The van der Waals surface area contributed by atoms with Gasteiger partial charge in [0.1, 0.15) is 0 Å². The van der Waals surface area contributed by atoms with Gasteiger partial charge >= 0.3 is 0 Å². The first-order valence-electron chi connectivity index (χ1n) is 5.17. The summed E-state index contributed by atoms with van der Waals surface area (Å²) in [4.78, 5) is 0.872. The Balaban J connectivity index is 2.38. The molecule has 0 aliphatic heterocycles. The van der Waals surface area contributed by atoms with Crippen molar-refractivity contribution in [2.75, 3.05) is 6.26 Å². The van der Waals surface area contributed by atoms with Gasteiger partial charge in [0, 0.05) is 22.0 Å². The fraction of sp³-hybridized carbons (Fsp3) is 0.143. The van der Waals surface area contributed by atoms with Crippen LogP contribution in [-0.2, 0) is 10.8 Å². The lowest BCUT2D eigenvalue weighted by Crippen LogP contribution is -1.87. The van der Waals surface area contributed by atoms with Crippen molar-refractivity contribution >= 4 is 10.8 Å². The molecule has 1 atom stereocenters. The normalized spacial score (nSPS) is 12.4. The third kappa shape index (κ3) is 2.39. The minimum Gasteiger partial charge on any atom is -0.255 e. The van der Waals surface area contributed by atoms with E-state index in [9.17, 15) is 4.21 Å². The standard InChI is InChI=1S/C14H14OS/c1-11-4-3-5-13(10-11)12-6-8-14(9-7-12)16(2)15/h3-10H,1-2H3. The van der Waals surface area contributed by atoms with Crippen molar-refractivity contribution in [1.29, 1.82) is 0 Å². The van der Waals surface area contributed by atoms with E-state index in [0.29, 0.717) is 0 Å². The van der Waals surface area contributed by atoms with E-state index in [2.05, 4.69) is 31.2 Å². The SMILES string of the molecule is Cc1cccc(-c2ccc(S(C)=O)cc2)c1. The summed E-state index contributed by atoms with van der Waals surface area (Å²) in [7, 11) is -0.898. The Bertz CT molecular complexity index is 515. The summed E-state index contributed by atoms with van der Waals surface area (Å²) < 4.78 is 11.3. The molecular formula is C14H14OS. The molecule has 0 radical (unpaired) electrons. The Labute approximate surface area is 98.6 Å². The van der Waals surface area contributed by atoms with Gasteiger partial charge in [0.05, 0.1) is 0 Å². The van der Waals surface area contributed by atoms with E-state index in [1.807, 2.05) is 24.3 Å². The van der Waals surface area contributed by atoms with Crippen molar-refractivity contribution in [3.05, 3.63) is 54.1 Å². The van der Waals surface area contributed by atoms with Crippen LogP contribution < -0.4 is 0 Å². The molecule has 0 saturated carbocycles. The van der Waals surface area contributed by atoms with Crippen molar-refractivity contribution < 1.29 is 4.21 Å². The summed E-state index contributed by atoms with van der Waals surface area (Å²) in [6, 6.07) is 16.3. The molecule has 0 aliphatic rings. The Morgan fingerprint density at radius 2 is 1.62 bits per heavy atom. The van der Waals surface area contributed by atoms with E-state index in [4.69, 9.17) is 0 Å². The van der Waals surface area contributed by atoms with E-state index < -0.39 is 10.8 Å². The molecule has 0 aliphatic carbocycles. The highest BCUT2D eigenvalue weighted by atomic mass is 32.2. The van der Waals surface area contributed by atoms with E-state index >= 15 is 0 Å². The number of aryl methyl sites for hydroxylation is 1. The highest BCUT2D eigenvalue weighted by molar-refractivity contribution is 7.84. The second-order valence-corrected chi connectivity index (χ2v) is 5.23. The zero-order valence-electron chi connectivity index (χ0n) is 9.44. The fourth-order valence-electron chi connectivity index (χ4n) is 1.66. The van der Waals surface area contributed by atoms with Crippen LogP contribution in [0.2, 0.25) is 0 Å². The summed E-state index contributed by atoms with van der Waals surface area (Å²) >= 11 is 0. The molecule has 2 heteroatoms. The van der Waals surface area contributed by atoms with Gasteiger partial charge in [0.25, 0.3) is 0 Å². The van der Waals surface area contributed by atoms with Crippen molar-refractivity contribution in [2.24, 2.45) is 0 Å². The second kappa shape index (κ2) is 4.62. The number of rotatable bonds is 2. The van der Waals surface area contributed by atoms with Crippen LogP contribution in [-0.4, -0.2) is 10.5 Å². The summed E-state index contributed by atoms with van der Waals surface area (Å²) in [5, 5.41) is 0. The summed E-state index contributed by atoms with van der Waals surface area (Å²) in [5.41, 5.74) is 3.62. The molecular weight excluding hydrogens is 216 g/mol. The van der Waals surface area contributed by atoms with Gasteiger partial charge in [0.15, 0.2) is 0 Å². The Morgan fingerprint density at radius 1 is 0.938 bits per heavy atom. The molecule has 0 fully saturated rings. The van der Waals surface area contributed by atoms with Gasteiger partial charge in [0.2, 0.25) is 0 Å². The Hall–Kier alpha value is -1.41. The summed E-state index contributed by atoms with van der Waals surface area (Å²) in [5.74, 6) is 0. The monoisotopic (exact) mass is 230 g/mol. The molecule has 0 aromatic heterocycles. The predicted octanol–water partition coefficient (Wildman–Crippen LogP) is 3.40. The van der Waals surface area contributed by atoms with Crippen molar-refractivity contribution in [3.8, 4) is 11.1 Å². The van der Waals surface area contributed by atoms with Gasteiger partial charge in [-0.1, -0.05) is 42.0 Å². The van der Waals surface area contributed by atoms with Crippen LogP contribution in [0.3, 0.4) is 0 Å². The summed E-state index contributed by atoms with van der Waals surface area (Å²) in [6.45, 7) is 2.08. The van der Waals surface area contributed by atoms with Crippen molar-refractivity contribution in [3.63, 3.8) is 0 Å². The minimum atomic E-state index is -0.898. The zero-order chi connectivity index (χ0) is 11.5. The van der Waals surface area contributed by atoms with Crippen LogP contribution >= 0.6 is 0 Å². The van der Waals surface area contributed by atoms with E-state index in [0.717, 1.165) is 10.5 Å². The maximum absolute atomic E-state index is 11.3. The average Bonchev–Trinajstić information content (AvgIpc) is 2.29. The van der Waals surface area contributed by atoms with E-state index in [1.165, 1.54) is 11.1 Å². The summed E-state index contributed by atoms with van der Waals surface area (Å²) in [6.07, 6.45) is 1.70. The van der Waals surface area contributed by atoms with Crippen LogP contribution in [0, 0.1) is 6.92 Å². The first-order valence-corrected chi connectivity index (χ1v) is 6.73. The minimum absolute atomic E-state index is 0.872. The van der Waals surface area contributed by atoms with E-state index in [1.54, 1.807) is 6.26 Å². The molecule has 2 aromatic carbocycles. The van der Waals surface area contributed by atoms with E-state index in [-0.39, 0.29) is 0 Å². The van der Waals surface area contributed by atoms with Crippen LogP contribution in [0.1, 0.15) is 5.56 Å². The Kier molecular flexibility index (Phi) is 3.20. The average molecular weight is 230 g/mol. The molecule has 82 valence electrons. The highest BCUT2D eigenvalue weighted by Crippen LogP contribution is 2.21. The van der Waals surface area contributed by atoms with Gasteiger partial charge in [-0.25, -0.2) is 0 Å². The van der Waals surface area contributed by atoms with Crippen molar-refractivity contribution in [1.82, 2.24) is 0 Å². The number of hydrogen-bond acceptors (Lipinski definition) is 1. The van der Waals surface area contributed by atoms with Gasteiger partial charge in [-0.3, -0.25) is 4.21 Å². The molecule has 0 N–H and O–H groups in total. The van der Waals surface area contributed by atoms with Crippen LogP contribution in [0.5, 0.6) is 0 Å². The zero-order valence-corrected chi connectivity index (χ0v) is 10.3. The lowest BCUT2D eigenvalue weighted by Gasteiger charge is -2.03. The number of hydrogen-bond donors (Lipinski definition) is 0. The lowest BCUT2D eigenvalue weighted by molar-refractivity contribution is 0.687. The third-order valence-corrected chi connectivity index (χ3v) is 3.47. The quantitative estimate of drug-likeness (QED) is 0.772. The molecule has 2 rings (SSSR count). The van der Waals surface area contributed by atoms with Crippen LogP contribution in [0.4, 0.5) is 0 Å². The molecule has 2 aromatic rings. The lowest BCUT2D eigenvalue weighted by atomic mass is 10.0. The molecule has 1 unspecified atom stereocenters. The van der Waals surface area contributed by atoms with Crippen molar-refractivity contribution in [2.45, 2.75) is 11.8 Å². The highest BCUT2D eigenvalue weighted by Gasteiger charge is 2.00. The van der Waals surface area contributed by atoms with Gasteiger partial charge in [-0.15, -0.1) is 0 Å². The third-order valence-electron chi connectivity index (χ3n) is 2.54. The smallest absolute Gasteiger partial charge is 0.0498 e. The molecule has 16 heavy (non-hydrogen) atoms. The maximum Gasteiger partial charge on any atom is 0.0498 e. The first kappa shape index (κ1) is 11.1. The van der Waals surface area contributed by atoms with Gasteiger partial charge in [-0.2, -0.15) is 0 Å². The maximum atomic E-state index is 11.3. The molecule has 0 amide bonds. The van der Waals surface area contributed by atoms with Crippen LogP contribution in [0.25, 0.3) is 11.1 Å². The molecule has 0 saturated heterocycles.